The van der Waals surface area contributed by atoms with Crippen LogP contribution < -0.4 is 5.32 Å². The van der Waals surface area contributed by atoms with Crippen LogP contribution in [0.4, 0.5) is 8.78 Å². The molecular weight excluding hydrogens is 272 g/mol. The summed E-state index contributed by atoms with van der Waals surface area (Å²) in [6, 6.07) is 3.55. The van der Waals surface area contributed by atoms with Crippen LogP contribution in [0.1, 0.15) is 12.8 Å². The first-order valence-electron chi connectivity index (χ1n) is 6.00. The standard InChI is InChI=1S/C13H15F2NO2S/c14-10-2-1-9(5-11(10)15)19-6-12(18)16-7-13(8-17)3-4-13/h1-2,5,17H,3-4,6-8H2,(H,16,18). The van der Waals surface area contributed by atoms with E-state index in [1.165, 1.54) is 6.07 Å². The van der Waals surface area contributed by atoms with Crippen molar-refractivity contribution in [1.82, 2.24) is 5.32 Å². The maximum atomic E-state index is 12.9. The van der Waals surface area contributed by atoms with Crippen LogP contribution in [0.25, 0.3) is 0 Å². The molecule has 0 bridgehead atoms. The van der Waals surface area contributed by atoms with Gasteiger partial charge in [-0.2, -0.15) is 0 Å². The zero-order valence-corrected chi connectivity index (χ0v) is 11.1. The largest absolute Gasteiger partial charge is 0.396 e. The zero-order valence-electron chi connectivity index (χ0n) is 10.3. The Bertz CT molecular complexity index is 478. The minimum absolute atomic E-state index is 0.0869. The van der Waals surface area contributed by atoms with Gasteiger partial charge >= 0.3 is 0 Å². The van der Waals surface area contributed by atoms with Gasteiger partial charge in [0.25, 0.3) is 0 Å². The molecule has 1 aliphatic carbocycles. The van der Waals surface area contributed by atoms with E-state index in [2.05, 4.69) is 5.32 Å². The number of hydrogen-bond donors (Lipinski definition) is 2. The van der Waals surface area contributed by atoms with Gasteiger partial charge in [-0.1, -0.05) is 0 Å². The molecule has 0 atom stereocenters. The van der Waals surface area contributed by atoms with Gasteiger partial charge in [0.2, 0.25) is 5.91 Å². The van der Waals surface area contributed by atoms with Crippen LogP contribution in [0.15, 0.2) is 23.1 Å². The fourth-order valence-corrected chi connectivity index (χ4v) is 2.37. The molecule has 104 valence electrons. The highest BCUT2D eigenvalue weighted by molar-refractivity contribution is 8.00. The summed E-state index contributed by atoms with van der Waals surface area (Å²) in [7, 11) is 0. The molecule has 0 radical (unpaired) electrons. The highest BCUT2D eigenvalue weighted by atomic mass is 32.2. The normalized spacial score (nSPS) is 16.2. The summed E-state index contributed by atoms with van der Waals surface area (Å²) in [5, 5.41) is 11.8. The molecule has 1 aromatic rings. The number of thioether (sulfide) groups is 1. The SMILES string of the molecule is O=C(CSc1ccc(F)c(F)c1)NCC1(CO)CC1. The smallest absolute Gasteiger partial charge is 0.230 e. The van der Waals surface area contributed by atoms with Crippen LogP contribution in [-0.4, -0.2) is 29.9 Å². The van der Waals surface area contributed by atoms with Crippen LogP contribution >= 0.6 is 11.8 Å². The predicted molar refractivity (Wildman–Crippen MR) is 68.8 cm³/mol. The Morgan fingerprint density at radius 2 is 2.11 bits per heavy atom. The van der Waals surface area contributed by atoms with Crippen molar-refractivity contribution in [2.24, 2.45) is 5.41 Å². The van der Waals surface area contributed by atoms with E-state index >= 15 is 0 Å². The van der Waals surface area contributed by atoms with Crippen molar-refractivity contribution in [2.75, 3.05) is 18.9 Å². The fourth-order valence-electron chi connectivity index (χ4n) is 1.62. The molecule has 6 heteroatoms. The average molecular weight is 287 g/mol. The van der Waals surface area contributed by atoms with E-state index in [-0.39, 0.29) is 23.7 Å². The van der Waals surface area contributed by atoms with E-state index in [4.69, 9.17) is 5.11 Å². The topological polar surface area (TPSA) is 49.3 Å². The van der Waals surface area contributed by atoms with Gasteiger partial charge < -0.3 is 10.4 Å². The number of aliphatic hydroxyl groups excluding tert-OH is 1. The minimum Gasteiger partial charge on any atom is -0.396 e. The molecule has 1 amide bonds. The van der Waals surface area contributed by atoms with Crippen molar-refractivity contribution >= 4 is 17.7 Å². The lowest BCUT2D eigenvalue weighted by Gasteiger charge is -2.12. The van der Waals surface area contributed by atoms with E-state index in [0.717, 1.165) is 36.7 Å². The van der Waals surface area contributed by atoms with Gasteiger partial charge in [-0.3, -0.25) is 4.79 Å². The summed E-state index contributed by atoms with van der Waals surface area (Å²) in [5.41, 5.74) is -0.123. The second kappa shape index (κ2) is 5.88. The number of benzene rings is 1. The molecule has 1 saturated carbocycles. The molecule has 1 aromatic carbocycles. The molecule has 1 aliphatic rings. The van der Waals surface area contributed by atoms with Gasteiger partial charge in [-0.15, -0.1) is 11.8 Å². The Kier molecular flexibility index (Phi) is 4.42. The third kappa shape index (κ3) is 3.91. The number of carbonyl (C=O) groups is 1. The molecule has 0 heterocycles. The monoisotopic (exact) mass is 287 g/mol. The molecule has 19 heavy (non-hydrogen) atoms. The average Bonchev–Trinajstić information content (AvgIpc) is 3.18. The summed E-state index contributed by atoms with van der Waals surface area (Å²) in [6.07, 6.45) is 1.86. The number of hydrogen-bond acceptors (Lipinski definition) is 3. The van der Waals surface area contributed by atoms with E-state index in [9.17, 15) is 13.6 Å². The van der Waals surface area contributed by atoms with Gasteiger partial charge in [0.1, 0.15) is 0 Å². The first-order chi connectivity index (χ1) is 9.04. The molecule has 0 unspecified atom stereocenters. The lowest BCUT2D eigenvalue weighted by Crippen LogP contribution is -2.32. The maximum Gasteiger partial charge on any atom is 0.230 e. The summed E-state index contributed by atoms with van der Waals surface area (Å²) in [6.45, 7) is 0.560. The Balaban J connectivity index is 1.75. The lowest BCUT2D eigenvalue weighted by molar-refractivity contribution is -0.118. The third-order valence-electron chi connectivity index (χ3n) is 3.21. The molecule has 0 aromatic heterocycles. The van der Waals surface area contributed by atoms with Crippen LogP contribution in [0, 0.1) is 17.0 Å². The van der Waals surface area contributed by atoms with Crippen LogP contribution in [0.5, 0.6) is 0 Å². The first-order valence-corrected chi connectivity index (χ1v) is 6.99. The first kappa shape index (κ1) is 14.3. The summed E-state index contributed by atoms with van der Waals surface area (Å²) < 4.78 is 25.7. The van der Waals surface area contributed by atoms with Gasteiger partial charge in [0, 0.05) is 16.9 Å². The molecule has 0 aliphatic heterocycles. The third-order valence-corrected chi connectivity index (χ3v) is 4.21. The predicted octanol–water partition coefficient (Wildman–Crippen LogP) is 1.95. The highest BCUT2D eigenvalue weighted by Crippen LogP contribution is 2.44. The summed E-state index contributed by atoms with van der Waals surface area (Å²) in [5.74, 6) is -1.84. The van der Waals surface area contributed by atoms with Crippen LogP contribution in [0.3, 0.4) is 0 Å². The Labute approximate surface area is 114 Å². The van der Waals surface area contributed by atoms with Crippen molar-refractivity contribution in [3.8, 4) is 0 Å². The molecule has 2 N–H and O–H groups in total. The number of rotatable bonds is 6. The second-order valence-corrected chi connectivity index (χ2v) is 5.85. The number of amides is 1. The number of aliphatic hydroxyl groups is 1. The summed E-state index contributed by atoms with van der Waals surface area (Å²) in [4.78, 5) is 12.1. The highest BCUT2D eigenvalue weighted by Gasteiger charge is 2.41. The van der Waals surface area contributed by atoms with Crippen molar-refractivity contribution in [3.63, 3.8) is 0 Å². The van der Waals surface area contributed by atoms with Gasteiger partial charge in [0.05, 0.1) is 12.4 Å². The molecule has 2 rings (SSSR count). The molecule has 0 saturated heterocycles. The second-order valence-electron chi connectivity index (χ2n) is 4.80. The van der Waals surface area contributed by atoms with E-state index in [1.807, 2.05) is 0 Å². The van der Waals surface area contributed by atoms with Crippen LogP contribution in [0.2, 0.25) is 0 Å². The van der Waals surface area contributed by atoms with Gasteiger partial charge in [-0.05, 0) is 31.0 Å². The van der Waals surface area contributed by atoms with E-state index < -0.39 is 11.6 Å². The van der Waals surface area contributed by atoms with E-state index in [0.29, 0.717) is 11.4 Å². The molecule has 0 spiro atoms. The van der Waals surface area contributed by atoms with Crippen molar-refractivity contribution in [1.29, 1.82) is 0 Å². The van der Waals surface area contributed by atoms with Crippen molar-refractivity contribution in [3.05, 3.63) is 29.8 Å². The van der Waals surface area contributed by atoms with Gasteiger partial charge in [0.15, 0.2) is 11.6 Å². The van der Waals surface area contributed by atoms with Crippen LogP contribution in [-0.2, 0) is 4.79 Å². The minimum atomic E-state index is -0.914. The van der Waals surface area contributed by atoms with Crippen molar-refractivity contribution in [2.45, 2.75) is 17.7 Å². The number of nitrogens with one attached hydrogen (secondary N) is 1. The zero-order chi connectivity index (χ0) is 13.9. The molecule has 3 nitrogen and oxygen atoms in total. The fraction of sp³-hybridized carbons (Fsp3) is 0.462. The Morgan fingerprint density at radius 1 is 1.37 bits per heavy atom. The quantitative estimate of drug-likeness (QED) is 0.786. The maximum absolute atomic E-state index is 12.9. The van der Waals surface area contributed by atoms with Gasteiger partial charge in [-0.25, -0.2) is 8.78 Å². The lowest BCUT2D eigenvalue weighted by atomic mass is 10.1. The molecular formula is C13H15F2NO2S. The number of halogens is 2. The Hall–Kier alpha value is -1.14. The number of carbonyl (C=O) groups excluding carboxylic acids is 1. The van der Waals surface area contributed by atoms with Crippen molar-refractivity contribution < 1.29 is 18.7 Å². The molecule has 1 fully saturated rings. The van der Waals surface area contributed by atoms with E-state index in [1.54, 1.807) is 0 Å². The summed E-state index contributed by atoms with van der Waals surface area (Å²) >= 11 is 1.15. The Morgan fingerprint density at radius 3 is 2.68 bits per heavy atom.